The Morgan fingerprint density at radius 3 is 2.57 bits per heavy atom. The summed E-state index contributed by atoms with van der Waals surface area (Å²) in [4.78, 5) is 2.64. The first-order chi connectivity index (χ1) is 9.86. The molecular weight excluding hydrogens is 301 g/mol. The Morgan fingerprint density at radius 2 is 2.00 bits per heavy atom. The van der Waals surface area contributed by atoms with Gasteiger partial charge in [0.2, 0.25) is 0 Å². The summed E-state index contributed by atoms with van der Waals surface area (Å²) in [5.74, 6) is 0.504. The van der Waals surface area contributed by atoms with E-state index < -0.39 is 17.3 Å². The number of rotatable bonds is 2. The summed E-state index contributed by atoms with van der Waals surface area (Å²) < 4.78 is 43.9. The molecule has 0 unspecified atom stereocenters. The third-order valence-corrected chi connectivity index (χ3v) is 3.14. The molecule has 2 rings (SSSR count). The number of nitrogens with one attached hydrogen (secondary N) is 1. The van der Waals surface area contributed by atoms with Crippen molar-refractivity contribution in [2.45, 2.75) is 6.18 Å². The van der Waals surface area contributed by atoms with Gasteiger partial charge in [0.1, 0.15) is 16.5 Å². The molecule has 0 saturated heterocycles. The molecule has 0 radical (unpaired) electrons. The van der Waals surface area contributed by atoms with Crippen LogP contribution in [-0.4, -0.2) is 12.1 Å². The van der Waals surface area contributed by atoms with Crippen molar-refractivity contribution in [1.29, 1.82) is 5.26 Å². The first-order valence-electron chi connectivity index (χ1n) is 5.76. The second-order valence-corrected chi connectivity index (χ2v) is 4.55. The number of alkyl halides is 3. The topological polar surface area (TPSA) is 48.8 Å². The molecule has 3 nitrogen and oxygen atoms in total. The van der Waals surface area contributed by atoms with Crippen molar-refractivity contribution in [1.82, 2.24) is 4.98 Å². The molecule has 7 heteroatoms. The van der Waals surface area contributed by atoms with Crippen molar-refractivity contribution in [2.24, 2.45) is 0 Å². The maximum Gasteiger partial charge on any atom is 0.417 e. The molecule has 0 aliphatic heterocycles. The lowest BCUT2D eigenvalue weighted by Gasteiger charge is -2.12. The molecule has 1 heterocycles. The van der Waals surface area contributed by atoms with E-state index in [0.29, 0.717) is 11.3 Å². The standard InChI is InChI=1S/C14H9F3N2OS/c1-20-9-4-2-3-8(5-9)12-6-11(14(15,16)17)10(7-18)13(21)19-12/h2-6H,1H3,(H,19,21). The third-order valence-electron chi connectivity index (χ3n) is 2.83. The number of halogens is 3. The largest absolute Gasteiger partial charge is 0.497 e. The number of methoxy groups -OCH3 is 1. The molecule has 0 aliphatic rings. The zero-order chi connectivity index (χ0) is 15.6. The number of aromatic amines is 1. The van der Waals surface area contributed by atoms with Crippen LogP contribution < -0.4 is 4.74 Å². The first-order valence-corrected chi connectivity index (χ1v) is 6.16. The van der Waals surface area contributed by atoms with Crippen molar-refractivity contribution < 1.29 is 17.9 Å². The molecular formula is C14H9F3N2OS. The van der Waals surface area contributed by atoms with Gasteiger partial charge in [0, 0.05) is 11.3 Å². The van der Waals surface area contributed by atoms with Gasteiger partial charge in [0.15, 0.2) is 0 Å². The van der Waals surface area contributed by atoms with Gasteiger partial charge in [0.05, 0.1) is 18.2 Å². The zero-order valence-corrected chi connectivity index (χ0v) is 11.6. The van der Waals surface area contributed by atoms with Crippen LogP contribution in [0.5, 0.6) is 5.75 Å². The van der Waals surface area contributed by atoms with Crippen molar-refractivity contribution in [2.75, 3.05) is 7.11 Å². The van der Waals surface area contributed by atoms with E-state index in [2.05, 4.69) is 4.98 Å². The molecule has 1 N–H and O–H groups in total. The summed E-state index contributed by atoms with van der Waals surface area (Å²) >= 11 is 4.85. The molecule has 0 spiro atoms. The number of aromatic nitrogens is 1. The van der Waals surface area contributed by atoms with E-state index in [-0.39, 0.29) is 10.3 Å². The van der Waals surface area contributed by atoms with Gasteiger partial charge in [0.25, 0.3) is 0 Å². The Morgan fingerprint density at radius 1 is 1.29 bits per heavy atom. The summed E-state index contributed by atoms with van der Waals surface area (Å²) in [5.41, 5.74) is -0.976. The van der Waals surface area contributed by atoms with Crippen molar-refractivity contribution in [3.05, 3.63) is 46.1 Å². The van der Waals surface area contributed by atoms with Crippen LogP contribution >= 0.6 is 12.2 Å². The number of H-pyrrole nitrogens is 1. The minimum Gasteiger partial charge on any atom is -0.497 e. The monoisotopic (exact) mass is 310 g/mol. The van der Waals surface area contributed by atoms with Crippen LogP contribution in [0.4, 0.5) is 13.2 Å². The van der Waals surface area contributed by atoms with E-state index in [4.69, 9.17) is 22.2 Å². The molecule has 0 saturated carbocycles. The lowest BCUT2D eigenvalue weighted by atomic mass is 10.1. The van der Waals surface area contributed by atoms with Gasteiger partial charge < -0.3 is 9.72 Å². The molecule has 1 aromatic carbocycles. The van der Waals surface area contributed by atoms with E-state index in [1.165, 1.54) is 13.2 Å². The first kappa shape index (κ1) is 15.1. The number of nitrogens with zero attached hydrogens (tertiary/aromatic N) is 1. The smallest absolute Gasteiger partial charge is 0.417 e. The molecule has 0 amide bonds. The zero-order valence-electron chi connectivity index (χ0n) is 10.8. The number of benzene rings is 1. The highest BCUT2D eigenvalue weighted by atomic mass is 32.1. The van der Waals surface area contributed by atoms with E-state index in [9.17, 15) is 13.2 Å². The summed E-state index contributed by atoms with van der Waals surface area (Å²) in [6.45, 7) is 0. The molecule has 0 atom stereocenters. The number of hydrogen-bond donors (Lipinski definition) is 1. The highest BCUT2D eigenvalue weighted by Crippen LogP contribution is 2.34. The van der Waals surface area contributed by atoms with Crippen LogP contribution in [0.2, 0.25) is 0 Å². The Balaban J connectivity index is 2.69. The lowest BCUT2D eigenvalue weighted by molar-refractivity contribution is -0.137. The molecule has 1 aromatic heterocycles. The highest BCUT2D eigenvalue weighted by molar-refractivity contribution is 7.71. The number of ether oxygens (including phenoxy) is 1. The second-order valence-electron chi connectivity index (χ2n) is 4.14. The van der Waals surface area contributed by atoms with E-state index >= 15 is 0 Å². The maximum absolute atomic E-state index is 13.0. The molecule has 2 aromatic rings. The minimum absolute atomic E-state index is 0.172. The van der Waals surface area contributed by atoms with Crippen molar-refractivity contribution in [3.63, 3.8) is 0 Å². The van der Waals surface area contributed by atoms with E-state index in [1.54, 1.807) is 24.3 Å². The van der Waals surface area contributed by atoms with Gasteiger partial charge in [-0.15, -0.1) is 0 Å². The molecule has 0 aliphatic carbocycles. The minimum atomic E-state index is -4.65. The normalized spacial score (nSPS) is 11.0. The van der Waals surface area contributed by atoms with Crippen LogP contribution in [-0.2, 0) is 6.18 Å². The fourth-order valence-corrected chi connectivity index (χ4v) is 2.11. The van der Waals surface area contributed by atoms with Gasteiger partial charge in [-0.05, 0) is 18.2 Å². The van der Waals surface area contributed by atoms with Gasteiger partial charge in [-0.25, -0.2) is 0 Å². The fourth-order valence-electron chi connectivity index (χ4n) is 1.84. The van der Waals surface area contributed by atoms with Gasteiger partial charge in [-0.1, -0.05) is 24.4 Å². The Kier molecular flexibility index (Phi) is 4.00. The number of hydrogen-bond acceptors (Lipinski definition) is 3. The summed E-state index contributed by atoms with van der Waals surface area (Å²) in [5, 5.41) is 8.85. The average molecular weight is 310 g/mol. The fraction of sp³-hybridized carbons (Fsp3) is 0.143. The van der Waals surface area contributed by atoms with Crippen LogP contribution in [0.1, 0.15) is 11.1 Å². The van der Waals surface area contributed by atoms with Crippen molar-refractivity contribution >= 4 is 12.2 Å². The Hall–Kier alpha value is -2.33. The average Bonchev–Trinajstić information content (AvgIpc) is 2.45. The van der Waals surface area contributed by atoms with Crippen LogP contribution in [0.25, 0.3) is 11.3 Å². The summed E-state index contributed by atoms with van der Waals surface area (Å²) in [7, 11) is 1.46. The Labute approximate surface area is 123 Å². The molecule has 0 bridgehead atoms. The lowest BCUT2D eigenvalue weighted by Crippen LogP contribution is -2.09. The second kappa shape index (κ2) is 5.58. The van der Waals surface area contributed by atoms with Crippen molar-refractivity contribution in [3.8, 4) is 23.1 Å². The van der Waals surface area contributed by atoms with E-state index in [1.807, 2.05) is 0 Å². The van der Waals surface area contributed by atoms with Crippen LogP contribution in [0.15, 0.2) is 30.3 Å². The summed E-state index contributed by atoms with van der Waals surface area (Å²) in [6.07, 6.45) is -4.65. The highest BCUT2D eigenvalue weighted by Gasteiger charge is 2.34. The van der Waals surface area contributed by atoms with E-state index in [0.717, 1.165) is 6.07 Å². The van der Waals surface area contributed by atoms with Gasteiger partial charge in [-0.2, -0.15) is 18.4 Å². The molecule has 21 heavy (non-hydrogen) atoms. The van der Waals surface area contributed by atoms with Crippen LogP contribution in [0.3, 0.4) is 0 Å². The number of nitriles is 1. The predicted octanol–water partition coefficient (Wildman–Crippen LogP) is 4.31. The summed E-state index contributed by atoms with van der Waals surface area (Å²) in [6, 6.07) is 8.89. The van der Waals surface area contributed by atoms with Gasteiger partial charge in [-0.3, -0.25) is 0 Å². The SMILES string of the molecule is COc1cccc(-c2cc(C(F)(F)F)c(C#N)c(=S)[nH]2)c1. The van der Waals surface area contributed by atoms with Gasteiger partial charge >= 0.3 is 6.18 Å². The van der Waals surface area contributed by atoms with Crippen LogP contribution in [0, 0.1) is 16.0 Å². The molecule has 108 valence electrons. The Bertz CT molecular complexity index is 775. The number of pyridine rings is 1. The predicted molar refractivity (Wildman–Crippen MR) is 73.3 cm³/mol. The maximum atomic E-state index is 13.0. The molecule has 0 fully saturated rings. The third kappa shape index (κ3) is 3.06. The quantitative estimate of drug-likeness (QED) is 0.841.